The van der Waals surface area contributed by atoms with Crippen LogP contribution in [0.1, 0.15) is 25.0 Å². The molecule has 8 aromatic rings. The van der Waals surface area contributed by atoms with Crippen LogP contribution in [0.4, 0.5) is 0 Å². The molecule has 0 amide bonds. The van der Waals surface area contributed by atoms with E-state index in [-0.39, 0.29) is 5.41 Å². The van der Waals surface area contributed by atoms with Crippen molar-refractivity contribution in [3.63, 3.8) is 0 Å². The van der Waals surface area contributed by atoms with Crippen LogP contribution in [-0.2, 0) is 5.41 Å². The summed E-state index contributed by atoms with van der Waals surface area (Å²) in [5, 5.41) is 2.53. The molecule has 0 bridgehead atoms. The molecular formula is C44H32N2. The van der Waals surface area contributed by atoms with Crippen molar-refractivity contribution in [3.05, 3.63) is 169 Å². The lowest BCUT2D eigenvalue weighted by Gasteiger charge is -2.21. The molecule has 1 aliphatic carbocycles. The summed E-state index contributed by atoms with van der Waals surface area (Å²) >= 11 is 0. The average Bonchev–Trinajstić information content (AvgIpc) is 3.56. The molecule has 0 radical (unpaired) electrons. The van der Waals surface area contributed by atoms with E-state index in [9.17, 15) is 0 Å². The van der Waals surface area contributed by atoms with Gasteiger partial charge in [0, 0.05) is 33.6 Å². The van der Waals surface area contributed by atoms with Crippen molar-refractivity contribution in [1.82, 2.24) is 9.55 Å². The van der Waals surface area contributed by atoms with Crippen molar-refractivity contribution in [3.8, 4) is 50.3 Å². The largest absolute Gasteiger partial charge is 0.309 e. The number of pyridine rings is 1. The third kappa shape index (κ3) is 4.07. The summed E-state index contributed by atoms with van der Waals surface area (Å²) in [6.07, 6.45) is 1.85. The van der Waals surface area contributed by atoms with Gasteiger partial charge in [0.15, 0.2) is 0 Å². The molecule has 0 aliphatic heterocycles. The predicted octanol–water partition coefficient (Wildman–Crippen LogP) is 11.5. The smallest absolute Gasteiger partial charge is 0.0702 e. The molecule has 2 aromatic heterocycles. The van der Waals surface area contributed by atoms with E-state index >= 15 is 0 Å². The monoisotopic (exact) mass is 588 g/mol. The molecule has 0 saturated heterocycles. The Morgan fingerprint density at radius 2 is 1.13 bits per heavy atom. The van der Waals surface area contributed by atoms with Gasteiger partial charge in [0.1, 0.15) is 0 Å². The van der Waals surface area contributed by atoms with E-state index in [1.807, 2.05) is 18.3 Å². The molecule has 6 aromatic carbocycles. The van der Waals surface area contributed by atoms with Crippen LogP contribution >= 0.6 is 0 Å². The van der Waals surface area contributed by atoms with E-state index in [0.29, 0.717) is 0 Å². The highest BCUT2D eigenvalue weighted by Gasteiger charge is 2.36. The maximum atomic E-state index is 4.60. The van der Waals surface area contributed by atoms with E-state index in [0.717, 1.165) is 16.9 Å². The molecule has 1 aliphatic rings. The minimum Gasteiger partial charge on any atom is -0.309 e. The summed E-state index contributed by atoms with van der Waals surface area (Å²) in [5.41, 5.74) is 15.9. The highest BCUT2D eigenvalue weighted by atomic mass is 15.0. The van der Waals surface area contributed by atoms with Crippen LogP contribution in [0.5, 0.6) is 0 Å². The van der Waals surface area contributed by atoms with E-state index in [2.05, 4.69) is 163 Å². The van der Waals surface area contributed by atoms with Gasteiger partial charge in [-0.05, 0) is 99.1 Å². The molecule has 2 heteroatoms. The van der Waals surface area contributed by atoms with Gasteiger partial charge in [-0.1, -0.05) is 111 Å². The van der Waals surface area contributed by atoms with Crippen LogP contribution in [0.2, 0.25) is 0 Å². The lowest BCUT2D eigenvalue weighted by atomic mass is 9.82. The number of benzene rings is 6. The van der Waals surface area contributed by atoms with Crippen LogP contribution in [0, 0.1) is 0 Å². The Hall–Kier alpha value is -5.73. The molecule has 218 valence electrons. The molecule has 2 nitrogen and oxygen atoms in total. The second kappa shape index (κ2) is 10.2. The first kappa shape index (κ1) is 26.7. The molecule has 0 N–H and O–H groups in total. The lowest BCUT2D eigenvalue weighted by molar-refractivity contribution is 0.661. The van der Waals surface area contributed by atoms with Gasteiger partial charge in [-0.25, -0.2) is 0 Å². The minimum atomic E-state index is -0.0738. The molecule has 0 spiro atoms. The van der Waals surface area contributed by atoms with Crippen LogP contribution in [0.15, 0.2) is 158 Å². The van der Waals surface area contributed by atoms with Gasteiger partial charge in [0.25, 0.3) is 0 Å². The van der Waals surface area contributed by atoms with Crippen molar-refractivity contribution < 1.29 is 0 Å². The van der Waals surface area contributed by atoms with E-state index in [1.165, 1.54) is 66.3 Å². The Bertz CT molecular complexity index is 2410. The third-order valence-electron chi connectivity index (χ3n) is 9.86. The lowest BCUT2D eigenvalue weighted by Crippen LogP contribution is -2.14. The highest BCUT2D eigenvalue weighted by molar-refractivity contribution is 6.12. The van der Waals surface area contributed by atoms with Gasteiger partial charge >= 0.3 is 0 Å². The molecular weight excluding hydrogens is 556 g/mol. The summed E-state index contributed by atoms with van der Waals surface area (Å²) in [6.45, 7) is 4.72. The molecule has 0 fully saturated rings. The van der Waals surface area contributed by atoms with Crippen molar-refractivity contribution >= 4 is 21.8 Å². The Balaban J connectivity index is 1.28. The Kier molecular flexibility index (Phi) is 5.88. The van der Waals surface area contributed by atoms with E-state index < -0.39 is 0 Å². The SMILES string of the molecule is CC1(C)c2ccccc2-c2cc3c4cc(-c5cccc(-c6ccccn6)c5)ccc4n(-c4ccc(-c5ccccc5)cc4)c3cc21. The first-order chi connectivity index (χ1) is 22.6. The summed E-state index contributed by atoms with van der Waals surface area (Å²) < 4.78 is 2.45. The number of hydrogen-bond acceptors (Lipinski definition) is 1. The summed E-state index contributed by atoms with van der Waals surface area (Å²) in [7, 11) is 0. The predicted molar refractivity (Wildman–Crippen MR) is 192 cm³/mol. The number of rotatable bonds is 4. The van der Waals surface area contributed by atoms with Crippen LogP contribution in [-0.4, -0.2) is 9.55 Å². The van der Waals surface area contributed by atoms with Crippen LogP contribution in [0.25, 0.3) is 72.1 Å². The summed E-state index contributed by atoms with van der Waals surface area (Å²) in [5.74, 6) is 0. The molecule has 9 rings (SSSR count). The van der Waals surface area contributed by atoms with Gasteiger partial charge in [0.05, 0.1) is 16.7 Å². The first-order valence-corrected chi connectivity index (χ1v) is 16.0. The molecule has 46 heavy (non-hydrogen) atoms. The van der Waals surface area contributed by atoms with Crippen molar-refractivity contribution in [2.45, 2.75) is 19.3 Å². The standard InChI is InChI=1S/C44H32N2/c1-44(2)39-16-7-6-15-35(39)36-27-38-37-26-32(31-13-10-14-33(25-31)41-17-8-9-24-45-41)20-23-42(37)46(43(38)28-40(36)44)34-21-18-30(19-22-34)29-11-4-3-5-12-29/h3-28H,1-2H3. The number of hydrogen-bond donors (Lipinski definition) is 0. The maximum Gasteiger partial charge on any atom is 0.0702 e. The van der Waals surface area contributed by atoms with Gasteiger partial charge in [-0.3, -0.25) is 4.98 Å². The summed E-state index contributed by atoms with van der Waals surface area (Å²) in [6, 6.07) is 55.2. The fourth-order valence-electron chi connectivity index (χ4n) is 7.50. The van der Waals surface area contributed by atoms with Crippen molar-refractivity contribution in [2.75, 3.05) is 0 Å². The average molecular weight is 589 g/mol. The Labute approximate surface area is 269 Å². The molecule has 2 heterocycles. The van der Waals surface area contributed by atoms with Crippen LogP contribution < -0.4 is 0 Å². The number of aromatic nitrogens is 2. The van der Waals surface area contributed by atoms with Crippen LogP contribution in [0.3, 0.4) is 0 Å². The zero-order valence-electron chi connectivity index (χ0n) is 25.9. The Morgan fingerprint density at radius 3 is 1.96 bits per heavy atom. The van der Waals surface area contributed by atoms with E-state index in [1.54, 1.807) is 0 Å². The summed E-state index contributed by atoms with van der Waals surface area (Å²) in [4.78, 5) is 4.60. The second-order valence-electron chi connectivity index (χ2n) is 12.9. The maximum absolute atomic E-state index is 4.60. The second-order valence-corrected chi connectivity index (χ2v) is 12.9. The quantitative estimate of drug-likeness (QED) is 0.200. The normalized spacial score (nSPS) is 13.2. The van der Waals surface area contributed by atoms with Gasteiger partial charge in [0.2, 0.25) is 0 Å². The first-order valence-electron chi connectivity index (χ1n) is 16.0. The van der Waals surface area contributed by atoms with Gasteiger partial charge in [-0.15, -0.1) is 0 Å². The Morgan fingerprint density at radius 1 is 0.457 bits per heavy atom. The minimum absolute atomic E-state index is 0.0738. The third-order valence-corrected chi connectivity index (χ3v) is 9.86. The highest BCUT2D eigenvalue weighted by Crippen LogP contribution is 2.51. The van der Waals surface area contributed by atoms with Gasteiger partial charge in [-0.2, -0.15) is 0 Å². The van der Waals surface area contributed by atoms with Crippen molar-refractivity contribution in [1.29, 1.82) is 0 Å². The van der Waals surface area contributed by atoms with Crippen molar-refractivity contribution in [2.24, 2.45) is 0 Å². The number of fused-ring (bicyclic) bond motifs is 6. The molecule has 0 unspecified atom stereocenters. The zero-order chi connectivity index (χ0) is 30.8. The van der Waals surface area contributed by atoms with Gasteiger partial charge < -0.3 is 4.57 Å². The fraction of sp³-hybridized carbons (Fsp3) is 0.0682. The number of nitrogens with zero attached hydrogens (tertiary/aromatic N) is 2. The molecule has 0 saturated carbocycles. The topological polar surface area (TPSA) is 17.8 Å². The van der Waals surface area contributed by atoms with E-state index in [4.69, 9.17) is 0 Å². The zero-order valence-corrected chi connectivity index (χ0v) is 25.9. The fourth-order valence-corrected chi connectivity index (χ4v) is 7.50. The molecule has 0 atom stereocenters.